The lowest BCUT2D eigenvalue weighted by Gasteiger charge is -2.03. The van der Waals surface area contributed by atoms with Crippen molar-refractivity contribution in [1.82, 2.24) is 4.98 Å². The molecular formula is C14H12INO. The maximum Gasteiger partial charge on any atom is 0.169 e. The summed E-state index contributed by atoms with van der Waals surface area (Å²) in [7, 11) is 0. The molecule has 17 heavy (non-hydrogen) atoms. The van der Waals surface area contributed by atoms with Gasteiger partial charge in [-0.25, -0.2) is 0 Å². The molecular weight excluding hydrogens is 325 g/mol. The molecule has 1 heterocycles. The molecule has 0 bridgehead atoms. The van der Waals surface area contributed by atoms with Gasteiger partial charge < -0.3 is 0 Å². The Morgan fingerprint density at radius 1 is 1.24 bits per heavy atom. The van der Waals surface area contributed by atoms with Crippen LogP contribution >= 0.6 is 22.6 Å². The maximum atomic E-state index is 12.1. The number of Topliss-reactive ketones (excluding diaryl/α,β-unsaturated/α-hetero) is 1. The van der Waals surface area contributed by atoms with Crippen LogP contribution in [0.2, 0.25) is 0 Å². The highest BCUT2D eigenvalue weighted by atomic mass is 127. The van der Waals surface area contributed by atoms with Gasteiger partial charge in [0.05, 0.1) is 6.42 Å². The normalized spacial score (nSPS) is 10.2. The number of aromatic nitrogens is 1. The average molecular weight is 337 g/mol. The first-order chi connectivity index (χ1) is 8.16. The molecule has 0 unspecified atom stereocenters. The number of hydrogen-bond donors (Lipinski definition) is 0. The number of ketones is 1. The Balaban J connectivity index is 2.17. The molecule has 2 nitrogen and oxygen atoms in total. The van der Waals surface area contributed by atoms with Gasteiger partial charge in [-0.2, -0.15) is 0 Å². The Bertz CT molecular complexity index is 534. The largest absolute Gasteiger partial charge is 0.294 e. The summed E-state index contributed by atoms with van der Waals surface area (Å²) in [5, 5.41) is 0. The third-order valence-corrected chi connectivity index (χ3v) is 3.43. The van der Waals surface area contributed by atoms with Gasteiger partial charge in [0.15, 0.2) is 5.78 Å². The monoisotopic (exact) mass is 337 g/mol. The number of pyridine rings is 1. The van der Waals surface area contributed by atoms with Crippen LogP contribution in [0.25, 0.3) is 0 Å². The SMILES string of the molecule is Cc1ccc(CC(=O)c2ccccc2I)nc1. The molecule has 0 aliphatic rings. The smallest absolute Gasteiger partial charge is 0.169 e. The molecule has 86 valence electrons. The fourth-order valence-corrected chi connectivity index (χ4v) is 2.24. The second-order valence-electron chi connectivity index (χ2n) is 3.91. The first-order valence-corrected chi connectivity index (χ1v) is 6.44. The summed E-state index contributed by atoms with van der Waals surface area (Å²) in [5.74, 6) is 0.117. The van der Waals surface area contributed by atoms with Gasteiger partial charge >= 0.3 is 0 Å². The van der Waals surface area contributed by atoms with E-state index in [1.165, 1.54) is 0 Å². The zero-order chi connectivity index (χ0) is 12.3. The van der Waals surface area contributed by atoms with Crippen LogP contribution in [-0.2, 0) is 6.42 Å². The minimum atomic E-state index is 0.117. The minimum absolute atomic E-state index is 0.117. The molecule has 0 amide bonds. The van der Waals surface area contributed by atoms with E-state index in [4.69, 9.17) is 0 Å². The molecule has 0 fully saturated rings. The van der Waals surface area contributed by atoms with Crippen molar-refractivity contribution < 1.29 is 4.79 Å². The number of rotatable bonds is 3. The van der Waals surface area contributed by atoms with Gasteiger partial charge in [0, 0.05) is 21.0 Å². The van der Waals surface area contributed by atoms with E-state index >= 15 is 0 Å². The van der Waals surface area contributed by atoms with Crippen LogP contribution in [-0.4, -0.2) is 10.8 Å². The van der Waals surface area contributed by atoms with E-state index < -0.39 is 0 Å². The first kappa shape index (κ1) is 12.2. The minimum Gasteiger partial charge on any atom is -0.294 e. The van der Waals surface area contributed by atoms with Crippen molar-refractivity contribution in [2.45, 2.75) is 13.3 Å². The van der Waals surface area contributed by atoms with Crippen LogP contribution in [0.4, 0.5) is 0 Å². The van der Waals surface area contributed by atoms with Gasteiger partial charge in [-0.3, -0.25) is 9.78 Å². The number of carbonyl (C=O) groups excluding carboxylic acids is 1. The van der Waals surface area contributed by atoms with Crippen LogP contribution in [0, 0.1) is 10.5 Å². The highest BCUT2D eigenvalue weighted by Gasteiger charge is 2.10. The van der Waals surface area contributed by atoms with E-state index in [1.807, 2.05) is 43.3 Å². The summed E-state index contributed by atoms with van der Waals surface area (Å²) in [5.41, 5.74) is 2.70. The van der Waals surface area contributed by atoms with Crippen molar-refractivity contribution in [1.29, 1.82) is 0 Å². The van der Waals surface area contributed by atoms with Crippen molar-refractivity contribution >= 4 is 28.4 Å². The second-order valence-corrected chi connectivity index (χ2v) is 5.07. The van der Waals surface area contributed by atoms with E-state index in [2.05, 4.69) is 27.6 Å². The van der Waals surface area contributed by atoms with Crippen molar-refractivity contribution in [3.63, 3.8) is 0 Å². The van der Waals surface area contributed by atoms with E-state index in [1.54, 1.807) is 6.20 Å². The van der Waals surface area contributed by atoms with Crippen LogP contribution in [0.1, 0.15) is 21.6 Å². The van der Waals surface area contributed by atoms with Crippen molar-refractivity contribution in [2.75, 3.05) is 0 Å². The molecule has 2 rings (SSSR count). The van der Waals surface area contributed by atoms with Crippen molar-refractivity contribution in [3.05, 3.63) is 63.0 Å². The molecule has 0 aliphatic heterocycles. The quantitative estimate of drug-likeness (QED) is 0.635. The highest BCUT2D eigenvalue weighted by molar-refractivity contribution is 14.1. The van der Waals surface area contributed by atoms with Gasteiger partial charge in [0.1, 0.15) is 0 Å². The number of halogens is 1. The molecule has 3 heteroatoms. The third-order valence-electron chi connectivity index (χ3n) is 2.49. The first-order valence-electron chi connectivity index (χ1n) is 5.36. The van der Waals surface area contributed by atoms with E-state index in [0.29, 0.717) is 6.42 Å². The molecule has 1 aromatic carbocycles. The van der Waals surface area contributed by atoms with Crippen LogP contribution in [0.5, 0.6) is 0 Å². The Morgan fingerprint density at radius 2 is 2.00 bits per heavy atom. The predicted octanol–water partition coefficient (Wildman–Crippen LogP) is 3.42. The molecule has 0 saturated heterocycles. The number of nitrogens with zero attached hydrogens (tertiary/aromatic N) is 1. The van der Waals surface area contributed by atoms with E-state index in [0.717, 1.165) is 20.4 Å². The van der Waals surface area contributed by atoms with Crippen molar-refractivity contribution in [3.8, 4) is 0 Å². The summed E-state index contributed by atoms with van der Waals surface area (Å²) >= 11 is 2.18. The lowest BCUT2D eigenvalue weighted by atomic mass is 10.1. The summed E-state index contributed by atoms with van der Waals surface area (Å²) in [4.78, 5) is 16.3. The second kappa shape index (κ2) is 5.40. The number of benzene rings is 1. The molecule has 0 aliphatic carbocycles. The number of aryl methyl sites for hydroxylation is 1. The Kier molecular flexibility index (Phi) is 3.89. The molecule has 0 atom stereocenters. The van der Waals surface area contributed by atoms with E-state index in [-0.39, 0.29) is 5.78 Å². The fourth-order valence-electron chi connectivity index (χ4n) is 1.55. The standard InChI is InChI=1S/C14H12INO/c1-10-6-7-11(16-9-10)8-14(17)12-4-2-3-5-13(12)15/h2-7,9H,8H2,1H3. The number of carbonyl (C=O) groups is 1. The van der Waals surface area contributed by atoms with Crippen LogP contribution < -0.4 is 0 Å². The van der Waals surface area contributed by atoms with Gasteiger partial charge in [0.25, 0.3) is 0 Å². The molecule has 0 saturated carbocycles. The lowest BCUT2D eigenvalue weighted by molar-refractivity contribution is 0.0991. The highest BCUT2D eigenvalue weighted by Crippen LogP contribution is 2.14. The van der Waals surface area contributed by atoms with Gasteiger partial charge in [-0.15, -0.1) is 0 Å². The maximum absolute atomic E-state index is 12.1. The van der Waals surface area contributed by atoms with Crippen molar-refractivity contribution in [2.24, 2.45) is 0 Å². The van der Waals surface area contributed by atoms with Crippen LogP contribution in [0.3, 0.4) is 0 Å². The topological polar surface area (TPSA) is 30.0 Å². The van der Waals surface area contributed by atoms with E-state index in [9.17, 15) is 4.79 Å². The Morgan fingerprint density at radius 3 is 2.65 bits per heavy atom. The molecule has 2 aromatic rings. The van der Waals surface area contributed by atoms with Gasteiger partial charge in [0.2, 0.25) is 0 Å². The van der Waals surface area contributed by atoms with Gasteiger partial charge in [-0.05, 0) is 47.2 Å². The summed E-state index contributed by atoms with van der Waals surface area (Å²) in [6.07, 6.45) is 2.15. The number of hydrogen-bond acceptors (Lipinski definition) is 2. The summed E-state index contributed by atoms with van der Waals surface area (Å²) in [6, 6.07) is 11.5. The van der Waals surface area contributed by atoms with Gasteiger partial charge in [-0.1, -0.05) is 24.3 Å². The molecule has 1 aromatic heterocycles. The summed E-state index contributed by atoms with van der Waals surface area (Å²) in [6.45, 7) is 1.98. The third kappa shape index (κ3) is 3.12. The lowest BCUT2D eigenvalue weighted by Crippen LogP contribution is -2.06. The zero-order valence-electron chi connectivity index (χ0n) is 9.48. The fraction of sp³-hybridized carbons (Fsp3) is 0.143. The predicted molar refractivity (Wildman–Crippen MR) is 76.2 cm³/mol. The Labute approximate surface area is 114 Å². The molecule has 0 spiro atoms. The average Bonchev–Trinajstić information content (AvgIpc) is 2.32. The Hall–Kier alpha value is -1.23. The van der Waals surface area contributed by atoms with Crippen LogP contribution in [0.15, 0.2) is 42.6 Å². The summed E-state index contributed by atoms with van der Waals surface area (Å²) < 4.78 is 0.988. The molecule has 0 radical (unpaired) electrons. The molecule has 0 N–H and O–H groups in total. The zero-order valence-corrected chi connectivity index (χ0v) is 11.6.